The van der Waals surface area contributed by atoms with Crippen LogP contribution in [0.3, 0.4) is 0 Å². The van der Waals surface area contributed by atoms with Crippen LogP contribution in [0.25, 0.3) is 0 Å². The van der Waals surface area contributed by atoms with E-state index in [1.807, 2.05) is 6.92 Å². The highest BCUT2D eigenvalue weighted by Crippen LogP contribution is 2.32. The lowest BCUT2D eigenvalue weighted by atomic mass is 9.79. The molecule has 2 nitrogen and oxygen atoms in total. The molecule has 0 bridgehead atoms. The first kappa shape index (κ1) is 8.02. The summed E-state index contributed by atoms with van der Waals surface area (Å²) in [5.74, 6) is 0. The Morgan fingerprint density at radius 1 is 1.50 bits per heavy atom. The highest BCUT2D eigenvalue weighted by Gasteiger charge is 2.35. The van der Waals surface area contributed by atoms with Gasteiger partial charge >= 0.3 is 0 Å². The van der Waals surface area contributed by atoms with Gasteiger partial charge in [-0.1, -0.05) is 13.8 Å². The highest BCUT2D eigenvalue weighted by molar-refractivity contribution is 4.85. The van der Waals surface area contributed by atoms with E-state index in [9.17, 15) is 5.11 Å². The van der Waals surface area contributed by atoms with Crippen LogP contribution in [0.1, 0.15) is 27.2 Å². The molecule has 0 aromatic heterocycles. The van der Waals surface area contributed by atoms with Gasteiger partial charge in [-0.3, -0.25) is 0 Å². The molecule has 0 aromatic carbocycles. The maximum atomic E-state index is 9.58. The molecule has 0 unspecified atom stereocenters. The largest absolute Gasteiger partial charge is 0.390 e. The molecule has 10 heavy (non-hydrogen) atoms. The van der Waals surface area contributed by atoms with Crippen LogP contribution in [-0.4, -0.2) is 23.9 Å². The molecular formula is C8H16O2. The van der Waals surface area contributed by atoms with Crippen LogP contribution in [0.5, 0.6) is 0 Å². The second-order valence-electron chi connectivity index (χ2n) is 3.76. The van der Waals surface area contributed by atoms with Gasteiger partial charge in [0.1, 0.15) is 0 Å². The summed E-state index contributed by atoms with van der Waals surface area (Å²) < 4.78 is 5.28. The molecule has 0 spiro atoms. The van der Waals surface area contributed by atoms with Gasteiger partial charge in [0.15, 0.2) is 0 Å². The normalized spacial score (nSPS) is 39.6. The molecule has 1 rings (SSSR count). The Bertz CT molecular complexity index is 120. The Balaban J connectivity index is 2.60. The van der Waals surface area contributed by atoms with Crippen molar-refractivity contribution in [1.29, 1.82) is 0 Å². The van der Waals surface area contributed by atoms with Gasteiger partial charge < -0.3 is 9.84 Å². The number of aliphatic hydroxyl groups is 1. The average molecular weight is 144 g/mol. The predicted octanol–water partition coefficient (Wildman–Crippen LogP) is 1.18. The maximum absolute atomic E-state index is 9.58. The van der Waals surface area contributed by atoms with E-state index in [2.05, 4.69) is 13.8 Å². The first-order valence-corrected chi connectivity index (χ1v) is 3.84. The molecule has 1 saturated heterocycles. The molecule has 1 N–H and O–H groups in total. The smallest absolute Gasteiger partial charge is 0.0850 e. The lowest BCUT2D eigenvalue weighted by Crippen LogP contribution is -2.44. The van der Waals surface area contributed by atoms with E-state index in [4.69, 9.17) is 4.74 Å². The first-order chi connectivity index (χ1) is 4.54. The van der Waals surface area contributed by atoms with Crippen molar-refractivity contribution >= 4 is 0 Å². The standard InChI is InChI=1S/C8H16O2/c1-6-7(9)8(2,3)4-5-10-6/h6-7,9H,4-5H2,1-3H3/t6-,7-/m0/s1. The van der Waals surface area contributed by atoms with E-state index in [1.54, 1.807) is 0 Å². The Kier molecular flexibility index (Phi) is 2.02. The Labute approximate surface area is 62.2 Å². The summed E-state index contributed by atoms with van der Waals surface area (Å²) in [5.41, 5.74) is 0.0394. The van der Waals surface area contributed by atoms with Crippen LogP contribution >= 0.6 is 0 Å². The summed E-state index contributed by atoms with van der Waals surface area (Å²) in [6, 6.07) is 0. The van der Waals surface area contributed by atoms with Gasteiger partial charge in [0.05, 0.1) is 12.2 Å². The zero-order valence-electron chi connectivity index (χ0n) is 6.92. The average Bonchev–Trinajstić information content (AvgIpc) is 1.83. The summed E-state index contributed by atoms with van der Waals surface area (Å²) in [4.78, 5) is 0. The van der Waals surface area contributed by atoms with Gasteiger partial charge in [0.25, 0.3) is 0 Å². The number of hydrogen-bond acceptors (Lipinski definition) is 2. The molecule has 0 saturated carbocycles. The summed E-state index contributed by atoms with van der Waals surface area (Å²) >= 11 is 0. The minimum Gasteiger partial charge on any atom is -0.390 e. The van der Waals surface area contributed by atoms with E-state index in [-0.39, 0.29) is 17.6 Å². The third-order valence-electron chi connectivity index (χ3n) is 2.37. The van der Waals surface area contributed by atoms with Crippen LogP contribution < -0.4 is 0 Å². The van der Waals surface area contributed by atoms with Crippen molar-refractivity contribution < 1.29 is 9.84 Å². The maximum Gasteiger partial charge on any atom is 0.0850 e. The third kappa shape index (κ3) is 1.32. The first-order valence-electron chi connectivity index (χ1n) is 3.84. The molecule has 0 aliphatic carbocycles. The summed E-state index contributed by atoms with van der Waals surface area (Å²) in [5, 5.41) is 9.58. The monoisotopic (exact) mass is 144 g/mol. The molecule has 0 aromatic rings. The third-order valence-corrected chi connectivity index (χ3v) is 2.37. The fourth-order valence-electron chi connectivity index (χ4n) is 1.38. The predicted molar refractivity (Wildman–Crippen MR) is 39.8 cm³/mol. The molecule has 1 fully saturated rings. The van der Waals surface area contributed by atoms with Crippen molar-refractivity contribution in [1.82, 2.24) is 0 Å². The van der Waals surface area contributed by atoms with Gasteiger partial charge in [0, 0.05) is 6.61 Å². The van der Waals surface area contributed by atoms with Crippen molar-refractivity contribution in [3.8, 4) is 0 Å². The lowest BCUT2D eigenvalue weighted by Gasteiger charge is -2.39. The van der Waals surface area contributed by atoms with Crippen molar-refractivity contribution in [2.24, 2.45) is 5.41 Å². The van der Waals surface area contributed by atoms with Crippen molar-refractivity contribution in [2.45, 2.75) is 39.4 Å². The zero-order valence-corrected chi connectivity index (χ0v) is 6.92. The molecule has 2 atom stereocenters. The van der Waals surface area contributed by atoms with Gasteiger partial charge in [-0.15, -0.1) is 0 Å². The molecule has 1 heterocycles. The summed E-state index contributed by atoms with van der Waals surface area (Å²) in [6.45, 7) is 6.87. The lowest BCUT2D eigenvalue weighted by molar-refractivity contribution is -0.127. The summed E-state index contributed by atoms with van der Waals surface area (Å²) in [6.07, 6.45) is 0.656. The zero-order chi connectivity index (χ0) is 7.78. The van der Waals surface area contributed by atoms with Crippen LogP contribution in [0.4, 0.5) is 0 Å². The van der Waals surface area contributed by atoms with Crippen LogP contribution in [-0.2, 0) is 4.74 Å². The number of ether oxygens (including phenoxy) is 1. The fourth-order valence-corrected chi connectivity index (χ4v) is 1.38. The quantitative estimate of drug-likeness (QED) is 0.553. The van der Waals surface area contributed by atoms with Gasteiger partial charge in [-0.2, -0.15) is 0 Å². The molecular weight excluding hydrogens is 128 g/mol. The van der Waals surface area contributed by atoms with Gasteiger partial charge in [0.2, 0.25) is 0 Å². The number of rotatable bonds is 0. The topological polar surface area (TPSA) is 29.5 Å². The fraction of sp³-hybridized carbons (Fsp3) is 1.00. The van der Waals surface area contributed by atoms with E-state index < -0.39 is 0 Å². The van der Waals surface area contributed by atoms with E-state index >= 15 is 0 Å². The minimum atomic E-state index is -0.304. The highest BCUT2D eigenvalue weighted by atomic mass is 16.5. The molecule has 1 aliphatic heterocycles. The SMILES string of the molecule is C[C@@H]1OCCC(C)(C)[C@H]1O. The molecule has 0 amide bonds. The van der Waals surface area contributed by atoms with Crippen LogP contribution in [0, 0.1) is 5.41 Å². The Hall–Kier alpha value is -0.0800. The molecule has 60 valence electrons. The second kappa shape index (κ2) is 2.51. The van der Waals surface area contributed by atoms with Gasteiger partial charge in [-0.05, 0) is 18.8 Å². The van der Waals surface area contributed by atoms with Crippen LogP contribution in [0.15, 0.2) is 0 Å². The Morgan fingerprint density at radius 2 is 2.10 bits per heavy atom. The number of hydrogen-bond donors (Lipinski definition) is 1. The Morgan fingerprint density at radius 3 is 2.50 bits per heavy atom. The molecule has 2 heteroatoms. The van der Waals surface area contributed by atoms with E-state index in [1.165, 1.54) is 0 Å². The number of aliphatic hydroxyl groups excluding tert-OH is 1. The van der Waals surface area contributed by atoms with E-state index in [0.29, 0.717) is 0 Å². The molecule has 1 aliphatic rings. The van der Waals surface area contributed by atoms with E-state index in [0.717, 1.165) is 13.0 Å². The van der Waals surface area contributed by atoms with Gasteiger partial charge in [-0.25, -0.2) is 0 Å². The minimum absolute atomic E-state index is 0.00347. The van der Waals surface area contributed by atoms with Crippen molar-refractivity contribution in [2.75, 3.05) is 6.61 Å². The summed E-state index contributed by atoms with van der Waals surface area (Å²) in [7, 11) is 0. The molecule has 0 radical (unpaired) electrons. The van der Waals surface area contributed by atoms with Crippen molar-refractivity contribution in [3.63, 3.8) is 0 Å². The van der Waals surface area contributed by atoms with Crippen LogP contribution in [0.2, 0.25) is 0 Å². The van der Waals surface area contributed by atoms with Crippen molar-refractivity contribution in [3.05, 3.63) is 0 Å². The second-order valence-corrected chi connectivity index (χ2v) is 3.76.